The van der Waals surface area contributed by atoms with Crippen molar-refractivity contribution in [3.8, 4) is 0 Å². The lowest BCUT2D eigenvalue weighted by molar-refractivity contribution is 0.0991. The van der Waals surface area contributed by atoms with Gasteiger partial charge in [0.25, 0.3) is 5.91 Å². The first kappa shape index (κ1) is 9.17. The highest BCUT2D eigenvalue weighted by Gasteiger charge is 2.04. The lowest BCUT2D eigenvalue weighted by Gasteiger charge is -1.98. The molecule has 1 amide bonds. The number of rotatable bonds is 3. The van der Waals surface area contributed by atoms with E-state index in [0.717, 1.165) is 0 Å². The standard InChI is InChI=1S/C6H10N6O/c1-12(2)11-10-4-3-8-6(9-4)5(7)13/h3H,1-2H3,(H2,7,13)(H,8,9). The molecule has 3 N–H and O–H groups in total. The Morgan fingerprint density at radius 2 is 2.38 bits per heavy atom. The first-order valence-electron chi connectivity index (χ1n) is 3.53. The summed E-state index contributed by atoms with van der Waals surface area (Å²) in [6.45, 7) is 0. The van der Waals surface area contributed by atoms with Crippen molar-refractivity contribution in [1.29, 1.82) is 0 Å². The van der Waals surface area contributed by atoms with Crippen molar-refractivity contribution < 1.29 is 4.79 Å². The van der Waals surface area contributed by atoms with Crippen LogP contribution in [-0.2, 0) is 0 Å². The van der Waals surface area contributed by atoms with Crippen molar-refractivity contribution in [3.63, 3.8) is 0 Å². The average molecular weight is 182 g/mol. The third-order valence-electron chi connectivity index (χ3n) is 1.13. The molecule has 1 rings (SSSR count). The Kier molecular flexibility index (Phi) is 2.58. The fourth-order valence-electron chi connectivity index (χ4n) is 0.625. The number of nitrogens with two attached hydrogens (primary N) is 1. The molecular weight excluding hydrogens is 172 g/mol. The second-order valence-electron chi connectivity index (χ2n) is 2.52. The second-order valence-corrected chi connectivity index (χ2v) is 2.52. The summed E-state index contributed by atoms with van der Waals surface area (Å²) in [6.07, 6.45) is 1.38. The molecule has 1 aromatic heterocycles. The van der Waals surface area contributed by atoms with Crippen molar-refractivity contribution in [2.24, 2.45) is 16.1 Å². The maximum atomic E-state index is 10.6. The SMILES string of the molecule is CN(C)N=Nc1cnc(C(N)=O)[nH]1. The fraction of sp³-hybridized carbons (Fsp3) is 0.333. The number of nitrogens with zero attached hydrogens (tertiary/aromatic N) is 4. The van der Waals surface area contributed by atoms with Crippen molar-refractivity contribution in [2.75, 3.05) is 14.1 Å². The molecule has 0 atom stereocenters. The molecule has 0 saturated heterocycles. The van der Waals surface area contributed by atoms with Gasteiger partial charge < -0.3 is 10.7 Å². The summed E-state index contributed by atoms with van der Waals surface area (Å²) in [5.41, 5.74) is 4.97. The van der Waals surface area contributed by atoms with E-state index in [9.17, 15) is 4.79 Å². The summed E-state index contributed by atoms with van der Waals surface area (Å²) in [6, 6.07) is 0. The Labute approximate surface area is 74.6 Å². The van der Waals surface area contributed by atoms with Crippen molar-refractivity contribution in [2.45, 2.75) is 0 Å². The van der Waals surface area contributed by atoms with Gasteiger partial charge in [-0.05, 0) is 0 Å². The topological polar surface area (TPSA) is 99.7 Å². The zero-order valence-corrected chi connectivity index (χ0v) is 7.35. The second kappa shape index (κ2) is 3.65. The van der Waals surface area contributed by atoms with Crippen molar-refractivity contribution in [3.05, 3.63) is 12.0 Å². The van der Waals surface area contributed by atoms with Crippen LogP contribution in [0.3, 0.4) is 0 Å². The summed E-state index contributed by atoms with van der Waals surface area (Å²) in [4.78, 5) is 16.9. The maximum absolute atomic E-state index is 10.6. The highest BCUT2D eigenvalue weighted by Crippen LogP contribution is 2.07. The Balaban J connectivity index is 2.75. The van der Waals surface area contributed by atoms with Gasteiger partial charge in [0, 0.05) is 14.1 Å². The van der Waals surface area contributed by atoms with E-state index in [0.29, 0.717) is 5.82 Å². The summed E-state index contributed by atoms with van der Waals surface area (Å²) in [7, 11) is 3.46. The van der Waals surface area contributed by atoms with Gasteiger partial charge in [-0.25, -0.2) is 4.98 Å². The Morgan fingerprint density at radius 3 is 2.85 bits per heavy atom. The number of primary amides is 1. The average Bonchev–Trinajstić information content (AvgIpc) is 2.48. The first-order chi connectivity index (χ1) is 6.09. The monoisotopic (exact) mass is 182 g/mol. The largest absolute Gasteiger partial charge is 0.363 e. The minimum absolute atomic E-state index is 0.0766. The number of nitrogens with one attached hydrogen (secondary N) is 1. The quantitative estimate of drug-likeness (QED) is 0.511. The number of amides is 1. The number of imidazole rings is 1. The van der Waals surface area contributed by atoms with Crippen LogP contribution < -0.4 is 5.73 Å². The lowest BCUT2D eigenvalue weighted by atomic mass is 10.6. The van der Waals surface area contributed by atoms with E-state index < -0.39 is 5.91 Å². The van der Waals surface area contributed by atoms with E-state index in [1.165, 1.54) is 11.2 Å². The zero-order chi connectivity index (χ0) is 9.84. The molecule has 7 nitrogen and oxygen atoms in total. The number of hydrogen-bond acceptors (Lipinski definition) is 4. The molecule has 0 aliphatic rings. The predicted octanol–water partition coefficient (Wildman–Crippen LogP) is 0.0689. The number of aromatic nitrogens is 2. The maximum Gasteiger partial charge on any atom is 0.284 e. The van der Waals surface area contributed by atoms with E-state index in [-0.39, 0.29) is 5.82 Å². The van der Waals surface area contributed by atoms with E-state index in [4.69, 9.17) is 5.73 Å². The predicted molar refractivity (Wildman–Crippen MR) is 45.3 cm³/mol. The van der Waals surface area contributed by atoms with Gasteiger partial charge in [0.2, 0.25) is 0 Å². The number of hydrogen-bond donors (Lipinski definition) is 2. The minimum Gasteiger partial charge on any atom is -0.363 e. The summed E-state index contributed by atoms with van der Waals surface area (Å²) >= 11 is 0. The molecule has 0 radical (unpaired) electrons. The molecule has 13 heavy (non-hydrogen) atoms. The summed E-state index contributed by atoms with van der Waals surface area (Å²) in [5.74, 6) is -0.151. The molecule has 0 aliphatic carbocycles. The molecule has 70 valence electrons. The van der Waals surface area contributed by atoms with E-state index in [2.05, 4.69) is 20.3 Å². The number of carbonyl (C=O) groups excluding carboxylic acids is 1. The number of carbonyl (C=O) groups is 1. The van der Waals surface area contributed by atoms with Crippen LogP contribution in [0.4, 0.5) is 5.82 Å². The molecule has 1 aromatic rings. The van der Waals surface area contributed by atoms with Gasteiger partial charge in [-0.15, -0.1) is 5.11 Å². The number of H-pyrrole nitrogens is 1. The molecule has 0 bridgehead atoms. The van der Waals surface area contributed by atoms with E-state index in [1.54, 1.807) is 14.1 Å². The van der Waals surface area contributed by atoms with Gasteiger partial charge in [0.15, 0.2) is 11.6 Å². The normalized spacial score (nSPS) is 10.6. The van der Waals surface area contributed by atoms with Gasteiger partial charge in [-0.3, -0.25) is 9.80 Å². The van der Waals surface area contributed by atoms with Crippen LogP contribution >= 0.6 is 0 Å². The molecule has 0 unspecified atom stereocenters. The highest BCUT2D eigenvalue weighted by molar-refractivity contribution is 5.89. The van der Waals surface area contributed by atoms with Crippen molar-refractivity contribution in [1.82, 2.24) is 15.0 Å². The Morgan fingerprint density at radius 1 is 1.69 bits per heavy atom. The summed E-state index contributed by atoms with van der Waals surface area (Å²) in [5, 5.41) is 8.95. The van der Waals surface area contributed by atoms with Gasteiger partial charge in [0.05, 0.1) is 6.20 Å². The molecule has 0 fully saturated rings. The van der Waals surface area contributed by atoms with Crippen LogP contribution in [0.2, 0.25) is 0 Å². The smallest absolute Gasteiger partial charge is 0.284 e. The van der Waals surface area contributed by atoms with E-state index in [1.807, 2.05) is 0 Å². The zero-order valence-electron chi connectivity index (χ0n) is 7.35. The Hall–Kier alpha value is -1.92. The molecule has 0 spiro atoms. The van der Waals surface area contributed by atoms with Gasteiger partial charge in [-0.1, -0.05) is 5.22 Å². The molecule has 7 heteroatoms. The van der Waals surface area contributed by atoms with E-state index >= 15 is 0 Å². The third-order valence-corrected chi connectivity index (χ3v) is 1.13. The first-order valence-corrected chi connectivity index (χ1v) is 3.53. The molecule has 1 heterocycles. The highest BCUT2D eigenvalue weighted by atomic mass is 16.1. The Bertz CT molecular complexity index is 328. The minimum atomic E-state index is -0.619. The van der Waals surface area contributed by atoms with Gasteiger partial charge in [-0.2, -0.15) is 0 Å². The summed E-state index contributed by atoms with van der Waals surface area (Å²) < 4.78 is 0. The van der Waals surface area contributed by atoms with Crippen LogP contribution in [0.25, 0.3) is 0 Å². The third kappa shape index (κ3) is 2.55. The molecule has 0 saturated carbocycles. The van der Waals surface area contributed by atoms with Crippen LogP contribution in [0, 0.1) is 0 Å². The molecular formula is C6H10N6O. The van der Waals surface area contributed by atoms with Crippen LogP contribution in [-0.4, -0.2) is 35.0 Å². The van der Waals surface area contributed by atoms with Crippen LogP contribution in [0.1, 0.15) is 10.6 Å². The van der Waals surface area contributed by atoms with Gasteiger partial charge in [0.1, 0.15) is 0 Å². The van der Waals surface area contributed by atoms with Crippen LogP contribution in [0.15, 0.2) is 16.5 Å². The molecule has 0 aliphatic heterocycles. The van der Waals surface area contributed by atoms with Crippen molar-refractivity contribution >= 4 is 11.7 Å². The van der Waals surface area contributed by atoms with Gasteiger partial charge >= 0.3 is 0 Å². The fourth-order valence-corrected chi connectivity index (χ4v) is 0.625. The lowest BCUT2D eigenvalue weighted by Crippen LogP contribution is -2.12. The molecule has 0 aromatic carbocycles. The number of aromatic amines is 1. The van der Waals surface area contributed by atoms with Crippen LogP contribution in [0.5, 0.6) is 0 Å².